The summed E-state index contributed by atoms with van der Waals surface area (Å²) in [7, 11) is 0. The van der Waals surface area contributed by atoms with Gasteiger partial charge in [-0.15, -0.1) is 0 Å². The fourth-order valence-corrected chi connectivity index (χ4v) is 1.59. The average molecular weight is 245 g/mol. The van der Waals surface area contributed by atoms with E-state index < -0.39 is 6.04 Å². The molecule has 2 rings (SSSR count). The fourth-order valence-electron chi connectivity index (χ4n) is 1.59. The van der Waals surface area contributed by atoms with Crippen LogP contribution < -0.4 is 5.32 Å². The maximum absolute atomic E-state index is 13.5. The molecule has 0 aliphatic carbocycles. The minimum Gasteiger partial charge on any atom is -0.344 e. The molecule has 0 bridgehead atoms. The van der Waals surface area contributed by atoms with Gasteiger partial charge in [-0.05, 0) is 13.0 Å². The van der Waals surface area contributed by atoms with Gasteiger partial charge in [0.05, 0.1) is 12.2 Å². The Hall–Kier alpha value is -2.30. The number of hydrogen-bond donors (Lipinski definition) is 1. The van der Waals surface area contributed by atoms with Crippen molar-refractivity contribution < 1.29 is 9.18 Å². The Bertz CT molecular complexity index is 545. The van der Waals surface area contributed by atoms with Crippen molar-refractivity contribution in [3.8, 4) is 0 Å². The maximum atomic E-state index is 13.5. The van der Waals surface area contributed by atoms with E-state index in [0.717, 1.165) is 0 Å². The summed E-state index contributed by atoms with van der Waals surface area (Å²) in [6, 6.07) is 5.90. The van der Waals surface area contributed by atoms with Crippen molar-refractivity contribution in [1.29, 1.82) is 0 Å². The summed E-state index contributed by atoms with van der Waals surface area (Å²) in [6.45, 7) is 1.71. The molecule has 1 atom stereocenters. The molecule has 0 saturated carbocycles. The van der Waals surface area contributed by atoms with E-state index in [1.807, 2.05) is 0 Å². The molecule has 0 aliphatic rings. The topological polar surface area (TPSA) is 54.9 Å². The van der Waals surface area contributed by atoms with Crippen molar-refractivity contribution in [3.63, 3.8) is 0 Å². The van der Waals surface area contributed by atoms with Crippen LogP contribution in [-0.4, -0.2) is 15.9 Å². The van der Waals surface area contributed by atoms with E-state index >= 15 is 0 Å². The van der Waals surface area contributed by atoms with Gasteiger partial charge in [-0.25, -0.2) is 9.37 Å². The number of rotatable bonds is 3. The van der Waals surface area contributed by atoms with E-state index in [-0.39, 0.29) is 17.4 Å². The Morgan fingerprint density at radius 1 is 1.33 bits per heavy atom. The minimum atomic E-state index is -0.430. The molecule has 1 aromatic heterocycles. The van der Waals surface area contributed by atoms with Crippen LogP contribution in [0.15, 0.2) is 42.9 Å². The van der Waals surface area contributed by atoms with Gasteiger partial charge in [-0.2, -0.15) is 0 Å². The van der Waals surface area contributed by atoms with Gasteiger partial charge in [0.15, 0.2) is 0 Å². The SMILES string of the molecule is C[C@@H](NC(=O)c1cnccn1)c1ccccc1F. The molecular formula is C13H12FN3O. The van der Waals surface area contributed by atoms with E-state index in [9.17, 15) is 9.18 Å². The lowest BCUT2D eigenvalue weighted by Gasteiger charge is -2.14. The predicted octanol–water partition coefficient (Wildman–Crippen LogP) is 2.11. The van der Waals surface area contributed by atoms with Gasteiger partial charge >= 0.3 is 0 Å². The van der Waals surface area contributed by atoms with E-state index in [4.69, 9.17) is 0 Å². The number of hydrogen-bond acceptors (Lipinski definition) is 3. The predicted molar refractivity (Wildman–Crippen MR) is 64.3 cm³/mol. The van der Waals surface area contributed by atoms with Crippen molar-refractivity contribution in [1.82, 2.24) is 15.3 Å². The smallest absolute Gasteiger partial charge is 0.271 e. The number of nitrogens with one attached hydrogen (secondary N) is 1. The molecule has 0 spiro atoms. The molecule has 0 radical (unpaired) electrons. The van der Waals surface area contributed by atoms with Crippen LogP contribution in [0.4, 0.5) is 4.39 Å². The Labute approximate surface area is 104 Å². The third kappa shape index (κ3) is 2.68. The molecule has 0 aliphatic heterocycles. The second kappa shape index (κ2) is 5.35. The normalized spacial score (nSPS) is 11.9. The van der Waals surface area contributed by atoms with E-state index in [2.05, 4.69) is 15.3 Å². The molecule has 92 valence electrons. The summed E-state index contributed by atoms with van der Waals surface area (Å²) in [5, 5.41) is 2.67. The molecular weight excluding hydrogens is 233 g/mol. The van der Waals surface area contributed by atoms with E-state index in [1.54, 1.807) is 25.1 Å². The monoisotopic (exact) mass is 245 g/mol. The zero-order chi connectivity index (χ0) is 13.0. The number of aromatic nitrogens is 2. The van der Waals surface area contributed by atoms with Crippen LogP contribution in [0, 0.1) is 5.82 Å². The largest absolute Gasteiger partial charge is 0.344 e. The molecule has 0 saturated heterocycles. The summed E-state index contributed by atoms with van der Waals surface area (Å²) in [5.74, 6) is -0.719. The average Bonchev–Trinajstić information content (AvgIpc) is 2.40. The van der Waals surface area contributed by atoms with Gasteiger partial charge < -0.3 is 5.32 Å². The Morgan fingerprint density at radius 3 is 2.78 bits per heavy atom. The Kier molecular flexibility index (Phi) is 3.62. The van der Waals surface area contributed by atoms with Crippen molar-refractivity contribution in [2.75, 3.05) is 0 Å². The zero-order valence-electron chi connectivity index (χ0n) is 9.80. The molecule has 5 heteroatoms. The van der Waals surface area contributed by atoms with Crippen LogP contribution in [0.5, 0.6) is 0 Å². The van der Waals surface area contributed by atoms with Crippen LogP contribution >= 0.6 is 0 Å². The fraction of sp³-hybridized carbons (Fsp3) is 0.154. The first-order valence-electron chi connectivity index (χ1n) is 5.50. The first-order valence-corrected chi connectivity index (χ1v) is 5.50. The lowest BCUT2D eigenvalue weighted by Crippen LogP contribution is -2.28. The third-order valence-electron chi connectivity index (χ3n) is 2.52. The van der Waals surface area contributed by atoms with Crippen LogP contribution in [0.1, 0.15) is 29.0 Å². The lowest BCUT2D eigenvalue weighted by atomic mass is 10.1. The number of benzene rings is 1. The highest BCUT2D eigenvalue weighted by Gasteiger charge is 2.14. The molecule has 4 nitrogen and oxygen atoms in total. The quantitative estimate of drug-likeness (QED) is 0.901. The van der Waals surface area contributed by atoms with Gasteiger partial charge in [0.25, 0.3) is 5.91 Å². The number of halogens is 1. The molecule has 18 heavy (non-hydrogen) atoms. The summed E-state index contributed by atoms with van der Waals surface area (Å²) < 4.78 is 13.5. The standard InChI is InChI=1S/C13H12FN3O/c1-9(10-4-2-3-5-11(10)14)17-13(18)12-8-15-6-7-16-12/h2-9H,1H3,(H,17,18)/t9-/m1/s1. The Balaban J connectivity index is 2.11. The van der Waals surface area contributed by atoms with Gasteiger partial charge in [-0.3, -0.25) is 9.78 Å². The highest BCUT2D eigenvalue weighted by Crippen LogP contribution is 2.16. The maximum Gasteiger partial charge on any atom is 0.271 e. The van der Waals surface area contributed by atoms with Crippen LogP contribution in [0.3, 0.4) is 0 Å². The third-order valence-corrected chi connectivity index (χ3v) is 2.52. The molecule has 1 heterocycles. The molecule has 2 aromatic rings. The highest BCUT2D eigenvalue weighted by molar-refractivity contribution is 5.92. The summed E-state index contributed by atoms with van der Waals surface area (Å²) >= 11 is 0. The van der Waals surface area contributed by atoms with Crippen molar-refractivity contribution in [3.05, 3.63) is 59.9 Å². The minimum absolute atomic E-state index is 0.209. The molecule has 1 amide bonds. The Morgan fingerprint density at radius 2 is 2.11 bits per heavy atom. The summed E-state index contributed by atoms with van der Waals surface area (Å²) in [6.07, 6.45) is 4.28. The van der Waals surface area contributed by atoms with Gasteiger partial charge in [0, 0.05) is 18.0 Å². The van der Waals surface area contributed by atoms with Gasteiger partial charge in [-0.1, -0.05) is 18.2 Å². The van der Waals surface area contributed by atoms with Gasteiger partial charge in [0.2, 0.25) is 0 Å². The second-order valence-electron chi connectivity index (χ2n) is 3.81. The first kappa shape index (κ1) is 12.2. The highest BCUT2D eigenvalue weighted by atomic mass is 19.1. The van der Waals surface area contributed by atoms with Crippen LogP contribution in [0.2, 0.25) is 0 Å². The molecule has 1 N–H and O–H groups in total. The second-order valence-corrected chi connectivity index (χ2v) is 3.81. The van der Waals surface area contributed by atoms with Gasteiger partial charge in [0.1, 0.15) is 11.5 Å². The van der Waals surface area contributed by atoms with Crippen LogP contribution in [0.25, 0.3) is 0 Å². The summed E-state index contributed by atoms with van der Waals surface area (Å²) in [5.41, 5.74) is 0.649. The van der Waals surface area contributed by atoms with Crippen LogP contribution in [-0.2, 0) is 0 Å². The van der Waals surface area contributed by atoms with Crippen molar-refractivity contribution >= 4 is 5.91 Å². The number of carbonyl (C=O) groups excluding carboxylic acids is 1. The molecule has 0 unspecified atom stereocenters. The number of carbonyl (C=O) groups is 1. The lowest BCUT2D eigenvalue weighted by molar-refractivity contribution is 0.0934. The summed E-state index contributed by atoms with van der Waals surface area (Å²) in [4.78, 5) is 19.5. The van der Waals surface area contributed by atoms with Crippen molar-refractivity contribution in [2.24, 2.45) is 0 Å². The van der Waals surface area contributed by atoms with Crippen molar-refractivity contribution in [2.45, 2.75) is 13.0 Å². The molecule has 0 fully saturated rings. The van der Waals surface area contributed by atoms with E-state index in [0.29, 0.717) is 5.56 Å². The number of nitrogens with zero attached hydrogens (tertiary/aromatic N) is 2. The molecule has 1 aromatic carbocycles. The zero-order valence-corrected chi connectivity index (χ0v) is 9.80. The van der Waals surface area contributed by atoms with E-state index in [1.165, 1.54) is 24.7 Å². The number of amides is 1. The first-order chi connectivity index (χ1) is 8.68.